The van der Waals surface area contributed by atoms with Gasteiger partial charge in [0.05, 0.1) is 0 Å². The van der Waals surface area contributed by atoms with Crippen LogP contribution < -0.4 is 5.32 Å². The average Bonchev–Trinajstić information content (AvgIpc) is 2.79. The maximum Gasteiger partial charge on any atom is 0.254 e. The zero-order valence-electron chi connectivity index (χ0n) is 11.9. The number of piperidine rings is 1. The molecule has 2 aliphatic heterocycles. The number of hydrogen-bond donors (Lipinski definition) is 1. The maximum atomic E-state index is 12.2. The number of imide groups is 1. The van der Waals surface area contributed by atoms with Gasteiger partial charge in [0.2, 0.25) is 11.8 Å². The van der Waals surface area contributed by atoms with E-state index in [0.29, 0.717) is 19.4 Å². The first-order valence-corrected chi connectivity index (χ1v) is 7.21. The van der Waals surface area contributed by atoms with Crippen molar-refractivity contribution >= 4 is 17.7 Å². The van der Waals surface area contributed by atoms with Crippen molar-refractivity contribution in [3.8, 4) is 0 Å². The quantitative estimate of drug-likeness (QED) is 0.734. The van der Waals surface area contributed by atoms with Crippen LogP contribution in [0.5, 0.6) is 0 Å². The van der Waals surface area contributed by atoms with E-state index in [2.05, 4.69) is 11.4 Å². The second-order valence-corrected chi connectivity index (χ2v) is 4.82. The molecule has 3 rings (SSSR count). The van der Waals surface area contributed by atoms with Gasteiger partial charge in [0, 0.05) is 18.5 Å². The highest BCUT2D eigenvalue weighted by atomic mass is 16.2. The van der Waals surface area contributed by atoms with Gasteiger partial charge >= 0.3 is 0 Å². The molecular weight excluding hydrogens is 256 g/mol. The van der Waals surface area contributed by atoms with Crippen molar-refractivity contribution in [2.24, 2.45) is 0 Å². The summed E-state index contributed by atoms with van der Waals surface area (Å²) < 4.78 is 0. The van der Waals surface area contributed by atoms with Gasteiger partial charge in [-0.05, 0) is 24.8 Å². The largest absolute Gasteiger partial charge is 0.322 e. The van der Waals surface area contributed by atoms with Gasteiger partial charge < -0.3 is 4.90 Å². The van der Waals surface area contributed by atoms with Gasteiger partial charge in [0.1, 0.15) is 6.04 Å². The predicted octanol–water partition coefficient (Wildman–Crippen LogP) is 1.31. The molecule has 1 aliphatic carbocycles. The Morgan fingerprint density at radius 1 is 1.15 bits per heavy atom. The van der Waals surface area contributed by atoms with Crippen LogP contribution in [0.3, 0.4) is 0 Å². The normalized spacial score (nSPS) is 25.2. The molecule has 108 valence electrons. The number of likely N-dealkylation sites (tertiary alicyclic amines) is 1. The molecule has 3 amide bonds. The molecule has 0 radical (unpaired) electrons. The molecule has 1 N–H and O–H groups in total. The van der Waals surface area contributed by atoms with Crippen molar-refractivity contribution in [2.45, 2.75) is 45.6 Å². The van der Waals surface area contributed by atoms with Crippen molar-refractivity contribution in [1.82, 2.24) is 10.2 Å². The van der Waals surface area contributed by atoms with Gasteiger partial charge in [-0.3, -0.25) is 19.7 Å². The highest BCUT2D eigenvalue weighted by Crippen LogP contribution is 2.31. The Kier molecular flexibility index (Phi) is 4.37. The van der Waals surface area contributed by atoms with Crippen LogP contribution in [0.1, 0.15) is 39.5 Å². The number of amides is 3. The second-order valence-electron chi connectivity index (χ2n) is 4.82. The summed E-state index contributed by atoms with van der Waals surface area (Å²) in [6, 6.07) is -0.498. The molecule has 2 fully saturated rings. The molecule has 0 spiro atoms. The minimum Gasteiger partial charge on any atom is -0.322 e. The van der Waals surface area contributed by atoms with Crippen LogP contribution in [0.2, 0.25) is 0 Å². The molecule has 20 heavy (non-hydrogen) atoms. The summed E-state index contributed by atoms with van der Waals surface area (Å²) in [6.45, 7) is 4.50. The number of rotatable bonds is 1. The van der Waals surface area contributed by atoms with Gasteiger partial charge in [0.15, 0.2) is 0 Å². The van der Waals surface area contributed by atoms with Crippen LogP contribution in [0, 0.1) is 0 Å². The first-order valence-electron chi connectivity index (χ1n) is 7.21. The van der Waals surface area contributed by atoms with E-state index in [1.807, 2.05) is 19.9 Å². The number of allylic oxidation sites excluding steroid dienone is 2. The topological polar surface area (TPSA) is 66.5 Å². The van der Waals surface area contributed by atoms with Crippen molar-refractivity contribution in [3.63, 3.8) is 0 Å². The fraction of sp³-hybridized carbons (Fsp3) is 0.533. The van der Waals surface area contributed by atoms with E-state index in [9.17, 15) is 14.4 Å². The number of fused-ring (bicyclic) bond motifs is 1. The summed E-state index contributed by atoms with van der Waals surface area (Å²) >= 11 is 0. The van der Waals surface area contributed by atoms with E-state index in [-0.39, 0.29) is 17.7 Å². The number of hydrogen-bond acceptors (Lipinski definition) is 3. The molecule has 5 heteroatoms. The third kappa shape index (κ3) is 2.53. The summed E-state index contributed by atoms with van der Waals surface area (Å²) in [4.78, 5) is 36.7. The van der Waals surface area contributed by atoms with Crippen LogP contribution in [0.15, 0.2) is 23.3 Å². The summed E-state index contributed by atoms with van der Waals surface area (Å²) in [7, 11) is 0. The fourth-order valence-electron chi connectivity index (χ4n) is 2.74. The Labute approximate surface area is 118 Å². The number of carbonyl (C=O) groups is 3. The molecule has 0 aromatic rings. The molecule has 1 atom stereocenters. The Morgan fingerprint density at radius 3 is 2.50 bits per heavy atom. The van der Waals surface area contributed by atoms with Gasteiger partial charge in [-0.15, -0.1) is 0 Å². The van der Waals surface area contributed by atoms with E-state index in [0.717, 1.165) is 24.0 Å². The van der Waals surface area contributed by atoms with E-state index in [1.54, 1.807) is 4.90 Å². The maximum absolute atomic E-state index is 12.2. The van der Waals surface area contributed by atoms with Crippen molar-refractivity contribution in [2.75, 3.05) is 6.54 Å². The molecule has 1 unspecified atom stereocenters. The molecule has 0 aromatic heterocycles. The number of nitrogens with one attached hydrogen (secondary N) is 1. The molecule has 3 aliphatic rings. The molecule has 5 nitrogen and oxygen atoms in total. The van der Waals surface area contributed by atoms with E-state index >= 15 is 0 Å². The highest BCUT2D eigenvalue weighted by Gasteiger charge is 2.40. The van der Waals surface area contributed by atoms with Gasteiger partial charge in [-0.2, -0.15) is 0 Å². The number of carbonyl (C=O) groups excluding carboxylic acids is 3. The zero-order chi connectivity index (χ0) is 14.7. The lowest BCUT2D eigenvalue weighted by Gasteiger charge is -2.28. The summed E-state index contributed by atoms with van der Waals surface area (Å²) in [6.07, 6.45) is 6.58. The molecule has 0 bridgehead atoms. The van der Waals surface area contributed by atoms with E-state index in [1.165, 1.54) is 0 Å². The van der Waals surface area contributed by atoms with Crippen LogP contribution in [-0.4, -0.2) is 35.2 Å². The van der Waals surface area contributed by atoms with Crippen LogP contribution in [0.4, 0.5) is 0 Å². The van der Waals surface area contributed by atoms with Crippen LogP contribution in [0.25, 0.3) is 0 Å². The highest BCUT2D eigenvalue weighted by molar-refractivity contribution is 6.06. The van der Waals surface area contributed by atoms with Gasteiger partial charge in [-0.1, -0.05) is 26.0 Å². The van der Waals surface area contributed by atoms with Crippen molar-refractivity contribution in [1.29, 1.82) is 0 Å². The van der Waals surface area contributed by atoms with Gasteiger partial charge in [-0.25, -0.2) is 0 Å². The second kappa shape index (κ2) is 6.03. The zero-order valence-corrected chi connectivity index (χ0v) is 11.9. The Hall–Kier alpha value is -1.91. The van der Waals surface area contributed by atoms with Crippen LogP contribution >= 0.6 is 0 Å². The van der Waals surface area contributed by atoms with Crippen LogP contribution in [-0.2, 0) is 14.4 Å². The minimum absolute atomic E-state index is 0.0737. The van der Waals surface area contributed by atoms with Crippen molar-refractivity contribution < 1.29 is 14.4 Å². The third-order valence-corrected chi connectivity index (χ3v) is 3.67. The molecule has 2 saturated heterocycles. The Morgan fingerprint density at radius 2 is 1.85 bits per heavy atom. The summed E-state index contributed by atoms with van der Waals surface area (Å²) in [5, 5.41) is 2.30. The smallest absolute Gasteiger partial charge is 0.254 e. The van der Waals surface area contributed by atoms with E-state index < -0.39 is 6.04 Å². The molecule has 0 aromatic carbocycles. The first kappa shape index (κ1) is 14.5. The lowest BCUT2D eigenvalue weighted by atomic mass is 10.0. The Bertz CT molecular complexity index is 505. The third-order valence-electron chi connectivity index (χ3n) is 3.67. The average molecular weight is 276 g/mol. The lowest BCUT2D eigenvalue weighted by molar-refractivity contribution is -0.142. The monoisotopic (exact) mass is 276 g/mol. The SMILES string of the molecule is CC.O=C1CCC(N2CC3=CCCC=C3C2=O)C(=O)N1. The lowest BCUT2D eigenvalue weighted by Crippen LogP contribution is -2.52. The molecular formula is C15H20N2O3. The number of nitrogens with zero attached hydrogens (tertiary/aromatic N) is 1. The van der Waals surface area contributed by atoms with Gasteiger partial charge in [0.25, 0.3) is 5.91 Å². The fourth-order valence-corrected chi connectivity index (χ4v) is 2.74. The first-order chi connectivity index (χ1) is 9.66. The van der Waals surface area contributed by atoms with E-state index in [4.69, 9.17) is 0 Å². The summed E-state index contributed by atoms with van der Waals surface area (Å²) in [5.74, 6) is -0.673. The van der Waals surface area contributed by atoms with Crippen molar-refractivity contribution in [3.05, 3.63) is 23.3 Å². The summed E-state index contributed by atoms with van der Waals surface area (Å²) in [5.41, 5.74) is 1.77. The predicted molar refractivity (Wildman–Crippen MR) is 74.6 cm³/mol. The minimum atomic E-state index is -0.498. The Balaban J connectivity index is 0.000000704. The molecule has 2 heterocycles. The standard InChI is InChI=1S/C13H14N2O3.C2H6/c16-11-6-5-10(12(17)14-11)15-7-8-3-1-2-4-9(8)13(15)18;1-2/h3-4,10H,1-2,5-7H2,(H,14,16,17);1-2H3. The molecule has 0 saturated carbocycles.